The van der Waals surface area contributed by atoms with E-state index in [2.05, 4.69) is 9.97 Å². The van der Waals surface area contributed by atoms with E-state index in [1.165, 1.54) is 30.2 Å². The molecule has 0 aliphatic heterocycles. The molecule has 1 aromatic carbocycles. The molecule has 0 fully saturated rings. The van der Waals surface area contributed by atoms with Crippen LogP contribution < -0.4 is 0 Å². The molecule has 0 aliphatic rings. The second-order valence-electron chi connectivity index (χ2n) is 2.94. The van der Waals surface area contributed by atoms with Crippen LogP contribution in [0, 0.1) is 17.1 Å². The van der Waals surface area contributed by atoms with Crippen molar-refractivity contribution in [3.63, 3.8) is 0 Å². The monoisotopic (exact) mass is 231 g/mol. The minimum atomic E-state index is -0.421. The Hall–Kier alpha value is -1.93. The lowest BCUT2D eigenvalue weighted by molar-refractivity contribution is 0.623. The van der Waals surface area contributed by atoms with Crippen LogP contribution in [0.4, 0.5) is 4.39 Å². The van der Waals surface area contributed by atoms with E-state index < -0.39 is 5.82 Å². The molecule has 5 heteroatoms. The van der Waals surface area contributed by atoms with Gasteiger partial charge in [-0.3, -0.25) is 0 Å². The van der Waals surface area contributed by atoms with Crippen molar-refractivity contribution in [1.82, 2.24) is 9.97 Å². The van der Waals surface area contributed by atoms with Gasteiger partial charge >= 0.3 is 0 Å². The Kier molecular flexibility index (Phi) is 3.13. The lowest BCUT2D eigenvalue weighted by Gasteiger charge is -2.00. The van der Waals surface area contributed by atoms with Crippen LogP contribution in [0.1, 0.15) is 5.56 Å². The number of hydrogen-bond donors (Lipinski definition) is 0. The average molecular weight is 231 g/mol. The molecule has 0 unspecified atom stereocenters. The molecule has 1 heterocycles. The highest BCUT2D eigenvalue weighted by molar-refractivity contribution is 7.99. The molecule has 0 saturated heterocycles. The molecule has 78 valence electrons. The average Bonchev–Trinajstić information content (AvgIpc) is 2.29. The number of nitriles is 1. The van der Waals surface area contributed by atoms with Crippen LogP contribution >= 0.6 is 11.8 Å². The van der Waals surface area contributed by atoms with Crippen molar-refractivity contribution in [3.8, 4) is 6.07 Å². The lowest BCUT2D eigenvalue weighted by atomic mass is 10.2. The number of aromatic nitrogens is 2. The van der Waals surface area contributed by atoms with Crippen LogP contribution in [0.5, 0.6) is 0 Å². The molecule has 0 saturated carbocycles. The smallest absolute Gasteiger partial charge is 0.125 e. The number of rotatable bonds is 2. The molecule has 0 N–H and O–H groups in total. The van der Waals surface area contributed by atoms with Crippen molar-refractivity contribution >= 4 is 11.8 Å². The SMILES string of the molecule is N#Cc1cc(F)cc(Sc2ccncn2)c1. The fraction of sp³-hybridized carbons (Fsp3) is 0. The molecule has 3 nitrogen and oxygen atoms in total. The quantitative estimate of drug-likeness (QED) is 0.745. The molecule has 16 heavy (non-hydrogen) atoms. The molecule has 2 aromatic rings. The molecule has 0 atom stereocenters. The molecule has 0 bridgehead atoms. The van der Waals surface area contributed by atoms with Crippen LogP contribution in [-0.2, 0) is 0 Å². The van der Waals surface area contributed by atoms with Gasteiger partial charge in [-0.1, -0.05) is 11.8 Å². The summed E-state index contributed by atoms with van der Waals surface area (Å²) in [4.78, 5) is 8.44. The third-order valence-corrected chi connectivity index (χ3v) is 2.70. The van der Waals surface area contributed by atoms with Gasteiger partial charge in [0.1, 0.15) is 17.2 Å². The summed E-state index contributed by atoms with van der Waals surface area (Å²) in [5.74, 6) is -0.421. The van der Waals surface area contributed by atoms with Crippen molar-refractivity contribution in [2.24, 2.45) is 0 Å². The van der Waals surface area contributed by atoms with Crippen LogP contribution in [-0.4, -0.2) is 9.97 Å². The van der Waals surface area contributed by atoms with E-state index in [0.717, 1.165) is 0 Å². The van der Waals surface area contributed by atoms with Crippen LogP contribution in [0.3, 0.4) is 0 Å². The van der Waals surface area contributed by atoms with E-state index in [0.29, 0.717) is 15.5 Å². The maximum Gasteiger partial charge on any atom is 0.125 e. The topological polar surface area (TPSA) is 49.6 Å². The van der Waals surface area contributed by atoms with E-state index in [9.17, 15) is 4.39 Å². The van der Waals surface area contributed by atoms with Crippen LogP contribution in [0.15, 0.2) is 46.7 Å². The molecule has 0 radical (unpaired) electrons. The second kappa shape index (κ2) is 4.73. The first kappa shape index (κ1) is 10.6. The Bertz CT molecular complexity index is 537. The van der Waals surface area contributed by atoms with Crippen LogP contribution in [0.25, 0.3) is 0 Å². The van der Waals surface area contributed by atoms with Crippen molar-refractivity contribution in [2.75, 3.05) is 0 Å². The molecule has 0 amide bonds. The summed E-state index contributed by atoms with van der Waals surface area (Å²) in [6.07, 6.45) is 3.03. The maximum atomic E-state index is 13.1. The van der Waals surface area contributed by atoms with Gasteiger partial charge in [0.25, 0.3) is 0 Å². The predicted octanol–water partition coefficient (Wildman–Crippen LogP) is 2.64. The molecule has 0 aliphatic carbocycles. The fourth-order valence-corrected chi connectivity index (χ4v) is 1.97. The van der Waals surface area contributed by atoms with E-state index in [-0.39, 0.29) is 0 Å². The summed E-state index contributed by atoms with van der Waals surface area (Å²) in [7, 11) is 0. The molecular weight excluding hydrogens is 225 g/mol. The van der Waals surface area contributed by atoms with Gasteiger partial charge in [0.05, 0.1) is 11.6 Å². The van der Waals surface area contributed by atoms with E-state index >= 15 is 0 Å². The Morgan fingerprint density at radius 1 is 1.31 bits per heavy atom. The number of benzene rings is 1. The minimum absolute atomic E-state index is 0.302. The summed E-state index contributed by atoms with van der Waals surface area (Å²) < 4.78 is 13.1. The summed E-state index contributed by atoms with van der Waals surface area (Å²) in [6, 6.07) is 7.82. The van der Waals surface area contributed by atoms with Crippen molar-refractivity contribution < 1.29 is 4.39 Å². The van der Waals surface area contributed by atoms with Gasteiger partial charge < -0.3 is 0 Å². The van der Waals surface area contributed by atoms with Crippen LogP contribution in [0.2, 0.25) is 0 Å². The number of halogens is 1. The first-order valence-corrected chi connectivity index (χ1v) is 5.24. The largest absolute Gasteiger partial charge is 0.245 e. The first-order valence-electron chi connectivity index (χ1n) is 4.42. The minimum Gasteiger partial charge on any atom is -0.245 e. The van der Waals surface area contributed by atoms with Gasteiger partial charge in [-0.05, 0) is 24.3 Å². The molecular formula is C11H6FN3S. The molecule has 2 rings (SSSR count). The van der Waals surface area contributed by atoms with E-state index in [1.54, 1.807) is 18.3 Å². The summed E-state index contributed by atoms with van der Waals surface area (Å²) in [5, 5.41) is 9.41. The Balaban J connectivity index is 2.29. The predicted molar refractivity (Wildman–Crippen MR) is 57.3 cm³/mol. The zero-order valence-corrected chi connectivity index (χ0v) is 8.91. The zero-order chi connectivity index (χ0) is 11.4. The third kappa shape index (κ3) is 2.55. The van der Waals surface area contributed by atoms with Crippen molar-refractivity contribution in [2.45, 2.75) is 9.92 Å². The highest BCUT2D eigenvalue weighted by atomic mass is 32.2. The van der Waals surface area contributed by atoms with Gasteiger partial charge in [0, 0.05) is 11.1 Å². The van der Waals surface area contributed by atoms with Gasteiger partial charge in [-0.25, -0.2) is 14.4 Å². The highest BCUT2D eigenvalue weighted by Gasteiger charge is 2.03. The summed E-state index contributed by atoms with van der Waals surface area (Å²) in [6.45, 7) is 0. The van der Waals surface area contributed by atoms with Crippen molar-refractivity contribution in [1.29, 1.82) is 5.26 Å². The van der Waals surface area contributed by atoms with E-state index in [4.69, 9.17) is 5.26 Å². The third-order valence-electron chi connectivity index (χ3n) is 1.78. The number of hydrogen-bond acceptors (Lipinski definition) is 4. The number of nitrogens with zero attached hydrogens (tertiary/aromatic N) is 3. The fourth-order valence-electron chi connectivity index (χ4n) is 1.15. The second-order valence-corrected chi connectivity index (χ2v) is 4.03. The van der Waals surface area contributed by atoms with Gasteiger partial charge in [-0.2, -0.15) is 5.26 Å². The van der Waals surface area contributed by atoms with Gasteiger partial charge in [0.2, 0.25) is 0 Å². The Labute approximate surface area is 96.0 Å². The molecule has 1 aromatic heterocycles. The Morgan fingerprint density at radius 2 is 2.19 bits per heavy atom. The zero-order valence-electron chi connectivity index (χ0n) is 8.09. The Morgan fingerprint density at radius 3 is 2.88 bits per heavy atom. The van der Waals surface area contributed by atoms with E-state index in [1.807, 2.05) is 6.07 Å². The summed E-state index contributed by atoms with van der Waals surface area (Å²) in [5.41, 5.74) is 0.302. The maximum absolute atomic E-state index is 13.1. The van der Waals surface area contributed by atoms with Crippen molar-refractivity contribution in [3.05, 3.63) is 48.2 Å². The molecule has 0 spiro atoms. The standard InChI is InChI=1S/C11H6FN3S/c12-9-3-8(6-13)4-10(5-9)16-11-1-2-14-7-15-11/h1-5,7H. The highest BCUT2D eigenvalue weighted by Crippen LogP contribution is 2.26. The van der Waals surface area contributed by atoms with Gasteiger partial charge in [-0.15, -0.1) is 0 Å². The first-order chi connectivity index (χ1) is 7.78. The lowest BCUT2D eigenvalue weighted by Crippen LogP contribution is -1.84. The van der Waals surface area contributed by atoms with Gasteiger partial charge in [0.15, 0.2) is 0 Å². The normalized spacial score (nSPS) is 9.75. The summed E-state index contributed by atoms with van der Waals surface area (Å²) >= 11 is 1.29.